The maximum absolute atomic E-state index is 13.1. The summed E-state index contributed by atoms with van der Waals surface area (Å²) >= 11 is 0. The standard InChI is InChI=1S/C16H15FN4O/c1-2-21-14-9-4-3-8-13(14)19-15(21)20-16(22)18-12-7-5-6-11(17)10-12/h3-10H,2H2,1H3,(H2,18,19,20,22). The SMILES string of the molecule is CCn1c(NC(=O)Nc2cccc(F)c2)nc2ccccc21. The number of rotatable bonds is 3. The number of amides is 2. The van der Waals surface area contributed by atoms with Gasteiger partial charge in [-0.05, 0) is 37.3 Å². The Balaban J connectivity index is 1.82. The number of nitrogens with zero attached hydrogens (tertiary/aromatic N) is 2. The van der Waals surface area contributed by atoms with Crippen LogP contribution in [0.5, 0.6) is 0 Å². The molecule has 2 amide bonds. The molecule has 0 atom stereocenters. The van der Waals surface area contributed by atoms with Crippen LogP contribution in [-0.4, -0.2) is 15.6 Å². The lowest BCUT2D eigenvalue weighted by atomic mass is 10.3. The van der Waals surface area contributed by atoms with Crippen molar-refractivity contribution in [3.8, 4) is 0 Å². The van der Waals surface area contributed by atoms with Crippen molar-refractivity contribution in [1.29, 1.82) is 0 Å². The zero-order valence-electron chi connectivity index (χ0n) is 12.0. The predicted molar refractivity (Wildman–Crippen MR) is 84.4 cm³/mol. The van der Waals surface area contributed by atoms with Gasteiger partial charge in [0.05, 0.1) is 11.0 Å². The monoisotopic (exact) mass is 298 g/mol. The lowest BCUT2D eigenvalue weighted by molar-refractivity contribution is 0.262. The molecule has 1 aromatic heterocycles. The number of hydrogen-bond donors (Lipinski definition) is 2. The third-order valence-electron chi connectivity index (χ3n) is 3.28. The molecular formula is C16H15FN4O. The second-order valence-corrected chi connectivity index (χ2v) is 4.76. The van der Waals surface area contributed by atoms with E-state index in [1.54, 1.807) is 6.07 Å². The molecule has 112 valence electrons. The van der Waals surface area contributed by atoms with Crippen LogP contribution in [0.1, 0.15) is 6.92 Å². The number of aromatic nitrogens is 2. The van der Waals surface area contributed by atoms with Gasteiger partial charge in [0.25, 0.3) is 0 Å². The number of para-hydroxylation sites is 2. The molecule has 6 heteroatoms. The topological polar surface area (TPSA) is 59.0 Å². The summed E-state index contributed by atoms with van der Waals surface area (Å²) in [4.78, 5) is 16.4. The van der Waals surface area contributed by atoms with Crippen molar-refractivity contribution in [3.05, 3.63) is 54.3 Å². The van der Waals surface area contributed by atoms with Crippen LogP contribution < -0.4 is 10.6 Å². The summed E-state index contributed by atoms with van der Waals surface area (Å²) in [5.74, 6) is 0.0520. The molecular weight excluding hydrogens is 283 g/mol. The highest BCUT2D eigenvalue weighted by Crippen LogP contribution is 2.19. The van der Waals surface area contributed by atoms with Gasteiger partial charge in [0.2, 0.25) is 5.95 Å². The fraction of sp³-hybridized carbons (Fsp3) is 0.125. The maximum atomic E-state index is 13.1. The number of carbonyl (C=O) groups excluding carboxylic acids is 1. The average Bonchev–Trinajstić information content (AvgIpc) is 2.83. The summed E-state index contributed by atoms with van der Waals surface area (Å²) in [5, 5.41) is 5.28. The van der Waals surface area contributed by atoms with E-state index in [9.17, 15) is 9.18 Å². The third kappa shape index (κ3) is 2.76. The van der Waals surface area contributed by atoms with E-state index in [0.717, 1.165) is 11.0 Å². The van der Waals surface area contributed by atoms with Gasteiger partial charge in [-0.25, -0.2) is 14.2 Å². The molecule has 3 rings (SSSR count). The van der Waals surface area contributed by atoms with Gasteiger partial charge >= 0.3 is 6.03 Å². The number of halogens is 1. The van der Waals surface area contributed by atoms with Gasteiger partial charge in [-0.1, -0.05) is 18.2 Å². The molecule has 0 unspecified atom stereocenters. The largest absolute Gasteiger partial charge is 0.326 e. The Morgan fingerprint density at radius 1 is 1.18 bits per heavy atom. The highest BCUT2D eigenvalue weighted by Gasteiger charge is 2.12. The zero-order chi connectivity index (χ0) is 15.5. The number of carbonyl (C=O) groups is 1. The van der Waals surface area contributed by atoms with Crippen LogP contribution >= 0.6 is 0 Å². The van der Waals surface area contributed by atoms with Crippen molar-refractivity contribution in [2.75, 3.05) is 10.6 Å². The molecule has 0 saturated heterocycles. The van der Waals surface area contributed by atoms with Gasteiger partial charge in [-0.3, -0.25) is 5.32 Å². The van der Waals surface area contributed by atoms with Gasteiger partial charge < -0.3 is 9.88 Å². The molecule has 0 spiro atoms. The van der Waals surface area contributed by atoms with E-state index in [4.69, 9.17) is 0 Å². The summed E-state index contributed by atoms with van der Waals surface area (Å²) in [6, 6.07) is 12.9. The lowest BCUT2D eigenvalue weighted by Crippen LogP contribution is -2.21. The Hall–Kier alpha value is -2.89. The van der Waals surface area contributed by atoms with E-state index in [2.05, 4.69) is 15.6 Å². The predicted octanol–water partition coefficient (Wildman–Crippen LogP) is 3.84. The first-order chi connectivity index (χ1) is 10.7. The summed E-state index contributed by atoms with van der Waals surface area (Å²) in [6.07, 6.45) is 0. The first kappa shape index (κ1) is 14.1. The van der Waals surface area contributed by atoms with Gasteiger partial charge in [0.1, 0.15) is 5.82 Å². The zero-order valence-corrected chi connectivity index (χ0v) is 12.0. The number of nitrogens with one attached hydrogen (secondary N) is 2. The van der Waals surface area contributed by atoms with E-state index in [1.165, 1.54) is 18.2 Å². The second-order valence-electron chi connectivity index (χ2n) is 4.76. The quantitative estimate of drug-likeness (QED) is 0.772. The van der Waals surface area contributed by atoms with Gasteiger partial charge in [0.15, 0.2) is 0 Å². The second kappa shape index (κ2) is 5.85. The minimum Gasteiger partial charge on any atom is -0.310 e. The van der Waals surface area contributed by atoms with Crippen LogP contribution in [-0.2, 0) is 6.54 Å². The average molecular weight is 298 g/mol. The molecule has 0 fully saturated rings. The normalized spacial score (nSPS) is 10.6. The van der Waals surface area contributed by atoms with Crippen molar-refractivity contribution in [2.24, 2.45) is 0 Å². The van der Waals surface area contributed by atoms with Crippen LogP contribution in [0.15, 0.2) is 48.5 Å². The number of urea groups is 1. The molecule has 2 N–H and O–H groups in total. The molecule has 0 radical (unpaired) electrons. The third-order valence-corrected chi connectivity index (χ3v) is 3.28. The summed E-state index contributed by atoms with van der Waals surface area (Å²) < 4.78 is 15.0. The highest BCUT2D eigenvalue weighted by atomic mass is 19.1. The van der Waals surface area contributed by atoms with Crippen molar-refractivity contribution in [3.63, 3.8) is 0 Å². The maximum Gasteiger partial charge on any atom is 0.326 e. The number of anilines is 2. The number of fused-ring (bicyclic) bond motifs is 1. The van der Waals surface area contributed by atoms with E-state index in [0.29, 0.717) is 18.2 Å². The summed E-state index contributed by atoms with van der Waals surface area (Å²) in [7, 11) is 0. The van der Waals surface area contributed by atoms with E-state index < -0.39 is 11.8 Å². The Morgan fingerprint density at radius 3 is 2.77 bits per heavy atom. The molecule has 0 saturated carbocycles. The molecule has 0 aliphatic rings. The molecule has 1 heterocycles. The smallest absolute Gasteiger partial charge is 0.310 e. The molecule has 22 heavy (non-hydrogen) atoms. The fourth-order valence-corrected chi connectivity index (χ4v) is 2.32. The van der Waals surface area contributed by atoms with Crippen LogP contribution in [0.3, 0.4) is 0 Å². The van der Waals surface area contributed by atoms with Crippen LogP contribution in [0, 0.1) is 5.82 Å². The van der Waals surface area contributed by atoms with Crippen molar-refractivity contribution < 1.29 is 9.18 Å². The Kier molecular flexibility index (Phi) is 3.74. The first-order valence-electron chi connectivity index (χ1n) is 6.96. The fourth-order valence-electron chi connectivity index (χ4n) is 2.32. The van der Waals surface area contributed by atoms with Gasteiger partial charge in [0, 0.05) is 12.2 Å². The molecule has 2 aromatic carbocycles. The molecule has 3 aromatic rings. The number of imidazole rings is 1. The summed E-state index contributed by atoms with van der Waals surface area (Å²) in [6.45, 7) is 2.65. The highest BCUT2D eigenvalue weighted by molar-refractivity contribution is 5.99. The Bertz CT molecular complexity index is 828. The van der Waals surface area contributed by atoms with Gasteiger partial charge in [-0.15, -0.1) is 0 Å². The van der Waals surface area contributed by atoms with Crippen LogP contribution in [0.4, 0.5) is 20.8 Å². The number of aryl methyl sites for hydroxylation is 1. The molecule has 0 bridgehead atoms. The van der Waals surface area contributed by atoms with Crippen LogP contribution in [0.2, 0.25) is 0 Å². The number of benzene rings is 2. The lowest BCUT2D eigenvalue weighted by Gasteiger charge is -2.09. The molecule has 5 nitrogen and oxygen atoms in total. The number of hydrogen-bond acceptors (Lipinski definition) is 2. The molecule has 0 aliphatic carbocycles. The van der Waals surface area contributed by atoms with E-state index in [-0.39, 0.29) is 0 Å². The van der Waals surface area contributed by atoms with E-state index in [1.807, 2.05) is 35.8 Å². The van der Waals surface area contributed by atoms with E-state index >= 15 is 0 Å². The molecule has 0 aliphatic heterocycles. The van der Waals surface area contributed by atoms with Crippen LogP contribution in [0.25, 0.3) is 11.0 Å². The minimum atomic E-state index is -0.462. The van der Waals surface area contributed by atoms with Crippen molar-refractivity contribution in [2.45, 2.75) is 13.5 Å². The van der Waals surface area contributed by atoms with Gasteiger partial charge in [-0.2, -0.15) is 0 Å². The Labute approximate surface area is 126 Å². The van der Waals surface area contributed by atoms with Crippen molar-refractivity contribution in [1.82, 2.24) is 9.55 Å². The first-order valence-corrected chi connectivity index (χ1v) is 6.96. The summed E-state index contributed by atoms with van der Waals surface area (Å²) in [5.41, 5.74) is 2.15. The Morgan fingerprint density at radius 2 is 2.00 bits per heavy atom. The minimum absolute atomic E-state index is 0.386. The van der Waals surface area contributed by atoms with Crippen molar-refractivity contribution >= 4 is 28.7 Å².